The van der Waals surface area contributed by atoms with E-state index in [-0.39, 0.29) is 5.97 Å². The second-order valence-corrected chi connectivity index (χ2v) is 6.50. The Labute approximate surface area is 116 Å². The van der Waals surface area contributed by atoms with Crippen molar-refractivity contribution < 1.29 is 9.53 Å². The van der Waals surface area contributed by atoms with Gasteiger partial charge in [-0.3, -0.25) is 4.79 Å². The molecular weight excluding hydrogens is 260 g/mol. The van der Waals surface area contributed by atoms with E-state index in [0.29, 0.717) is 18.0 Å². The number of aryl methyl sites for hydroxylation is 1. The third-order valence-electron chi connectivity index (χ3n) is 2.51. The Morgan fingerprint density at radius 3 is 2.84 bits per heavy atom. The number of esters is 1. The molecule has 5 heteroatoms. The Morgan fingerprint density at radius 2 is 2.16 bits per heavy atom. The molecule has 0 radical (unpaired) electrons. The Morgan fingerprint density at radius 1 is 1.42 bits per heavy atom. The number of fused-ring (bicyclic) bond motifs is 1. The molecule has 0 aliphatic carbocycles. The molecule has 0 saturated carbocycles. The maximum absolute atomic E-state index is 11.6. The lowest BCUT2D eigenvalue weighted by atomic mass is 10.1. The zero-order valence-electron chi connectivity index (χ0n) is 11.4. The van der Waals surface area contributed by atoms with E-state index in [0.717, 1.165) is 15.8 Å². The van der Waals surface area contributed by atoms with Crippen molar-refractivity contribution in [3.8, 4) is 0 Å². The van der Waals surface area contributed by atoms with Gasteiger partial charge in [-0.2, -0.15) is 0 Å². The van der Waals surface area contributed by atoms with Gasteiger partial charge in [0.1, 0.15) is 5.60 Å². The Balaban J connectivity index is 1.99. The number of rotatable bonds is 3. The van der Waals surface area contributed by atoms with Crippen LogP contribution in [0.1, 0.15) is 32.8 Å². The number of nitrogens with zero attached hydrogens (tertiary/aromatic N) is 1. The summed E-state index contributed by atoms with van der Waals surface area (Å²) in [5.74, 6) is -0.170. The first kappa shape index (κ1) is 13.8. The predicted molar refractivity (Wildman–Crippen MR) is 78.2 cm³/mol. The van der Waals surface area contributed by atoms with Crippen LogP contribution in [0.15, 0.2) is 18.2 Å². The fraction of sp³-hybridized carbons (Fsp3) is 0.429. The molecule has 0 saturated heterocycles. The highest BCUT2D eigenvalue weighted by Crippen LogP contribution is 2.25. The number of carbonyl (C=O) groups excluding carboxylic acids is 1. The molecule has 1 heterocycles. The van der Waals surface area contributed by atoms with E-state index >= 15 is 0 Å². The van der Waals surface area contributed by atoms with E-state index in [9.17, 15) is 4.79 Å². The van der Waals surface area contributed by atoms with E-state index in [2.05, 4.69) is 4.98 Å². The smallest absolute Gasteiger partial charge is 0.306 e. The number of carbonyl (C=O) groups is 1. The zero-order valence-corrected chi connectivity index (χ0v) is 12.2. The van der Waals surface area contributed by atoms with Gasteiger partial charge >= 0.3 is 5.97 Å². The maximum atomic E-state index is 11.6. The van der Waals surface area contributed by atoms with E-state index in [1.807, 2.05) is 39.0 Å². The highest BCUT2D eigenvalue weighted by atomic mass is 32.1. The first-order valence-electron chi connectivity index (χ1n) is 6.20. The summed E-state index contributed by atoms with van der Waals surface area (Å²) in [6.07, 6.45) is 1.06. The van der Waals surface area contributed by atoms with Crippen LogP contribution in [-0.2, 0) is 16.0 Å². The monoisotopic (exact) mass is 278 g/mol. The molecular formula is C14H18N2O2S. The number of benzene rings is 1. The third kappa shape index (κ3) is 3.92. The van der Waals surface area contributed by atoms with Crippen LogP contribution >= 0.6 is 11.3 Å². The second kappa shape index (κ2) is 5.17. The summed E-state index contributed by atoms with van der Waals surface area (Å²) < 4.78 is 6.34. The molecule has 0 fully saturated rings. The number of thiazole rings is 1. The highest BCUT2D eigenvalue weighted by Gasteiger charge is 2.16. The summed E-state index contributed by atoms with van der Waals surface area (Å²) in [4.78, 5) is 15.9. The molecule has 1 aromatic heterocycles. The highest BCUT2D eigenvalue weighted by molar-refractivity contribution is 7.22. The lowest BCUT2D eigenvalue weighted by Crippen LogP contribution is -2.23. The van der Waals surface area contributed by atoms with Crippen LogP contribution in [0, 0.1) is 0 Å². The number of ether oxygens (including phenoxy) is 1. The van der Waals surface area contributed by atoms with Crippen LogP contribution in [0.5, 0.6) is 0 Å². The van der Waals surface area contributed by atoms with Crippen LogP contribution < -0.4 is 5.73 Å². The van der Waals surface area contributed by atoms with Gasteiger partial charge in [-0.1, -0.05) is 17.4 Å². The largest absolute Gasteiger partial charge is 0.460 e. The molecule has 19 heavy (non-hydrogen) atoms. The van der Waals surface area contributed by atoms with Crippen LogP contribution in [0.3, 0.4) is 0 Å². The van der Waals surface area contributed by atoms with Crippen molar-refractivity contribution >= 4 is 32.7 Å². The summed E-state index contributed by atoms with van der Waals surface area (Å²) in [6.45, 7) is 5.62. The number of hydrogen-bond acceptors (Lipinski definition) is 5. The zero-order chi connectivity index (χ0) is 14.0. The maximum Gasteiger partial charge on any atom is 0.306 e. The van der Waals surface area contributed by atoms with Gasteiger partial charge < -0.3 is 10.5 Å². The number of aromatic nitrogens is 1. The molecule has 0 spiro atoms. The van der Waals surface area contributed by atoms with Crippen LogP contribution in [-0.4, -0.2) is 16.6 Å². The minimum atomic E-state index is -0.423. The van der Waals surface area contributed by atoms with Gasteiger partial charge in [0.25, 0.3) is 0 Å². The average molecular weight is 278 g/mol. The predicted octanol–water partition coefficient (Wildman–Crippen LogP) is 3.15. The lowest BCUT2D eigenvalue weighted by Gasteiger charge is -2.19. The fourth-order valence-electron chi connectivity index (χ4n) is 1.78. The van der Waals surface area contributed by atoms with Crippen molar-refractivity contribution in [3.63, 3.8) is 0 Å². The van der Waals surface area contributed by atoms with E-state index in [4.69, 9.17) is 10.5 Å². The summed E-state index contributed by atoms with van der Waals surface area (Å²) in [5, 5.41) is 0.569. The second-order valence-electron chi connectivity index (χ2n) is 5.44. The molecule has 0 bridgehead atoms. The fourth-order valence-corrected chi connectivity index (χ4v) is 2.58. The minimum absolute atomic E-state index is 0.170. The van der Waals surface area contributed by atoms with Gasteiger partial charge in [-0.25, -0.2) is 4.98 Å². The topological polar surface area (TPSA) is 65.2 Å². The molecule has 0 unspecified atom stereocenters. The van der Waals surface area contributed by atoms with Crippen LogP contribution in [0.25, 0.3) is 10.2 Å². The van der Waals surface area contributed by atoms with Crippen molar-refractivity contribution in [2.75, 3.05) is 5.73 Å². The summed E-state index contributed by atoms with van der Waals surface area (Å²) in [7, 11) is 0. The summed E-state index contributed by atoms with van der Waals surface area (Å²) in [6, 6.07) is 5.95. The molecule has 0 aliphatic rings. The molecule has 2 rings (SSSR count). The Bertz CT molecular complexity index is 599. The number of anilines is 1. The first-order chi connectivity index (χ1) is 8.83. The van der Waals surface area contributed by atoms with Crippen molar-refractivity contribution in [1.82, 2.24) is 4.98 Å². The quantitative estimate of drug-likeness (QED) is 0.876. The normalized spacial score (nSPS) is 11.7. The molecule has 0 aliphatic heterocycles. The summed E-state index contributed by atoms with van der Waals surface area (Å²) >= 11 is 1.46. The minimum Gasteiger partial charge on any atom is -0.460 e. The van der Waals surface area contributed by atoms with Crippen molar-refractivity contribution in [3.05, 3.63) is 23.8 Å². The SMILES string of the molecule is CC(C)(C)OC(=O)CCc1ccc2nc(N)sc2c1. The van der Waals surface area contributed by atoms with Gasteiger partial charge in [-0.05, 0) is 44.9 Å². The number of hydrogen-bond donors (Lipinski definition) is 1. The van der Waals surface area contributed by atoms with Crippen molar-refractivity contribution in [2.45, 2.75) is 39.2 Å². The van der Waals surface area contributed by atoms with Crippen LogP contribution in [0.2, 0.25) is 0 Å². The van der Waals surface area contributed by atoms with E-state index < -0.39 is 5.60 Å². The van der Waals surface area contributed by atoms with Gasteiger partial charge in [0, 0.05) is 6.42 Å². The number of nitrogen functional groups attached to an aromatic ring is 1. The van der Waals surface area contributed by atoms with Gasteiger partial charge in [0.15, 0.2) is 5.13 Å². The van der Waals surface area contributed by atoms with Crippen molar-refractivity contribution in [2.24, 2.45) is 0 Å². The lowest BCUT2D eigenvalue weighted by molar-refractivity contribution is -0.154. The molecule has 2 aromatic rings. The molecule has 0 amide bonds. The van der Waals surface area contributed by atoms with Gasteiger partial charge in [0.2, 0.25) is 0 Å². The van der Waals surface area contributed by atoms with Gasteiger partial charge in [0.05, 0.1) is 10.2 Å². The van der Waals surface area contributed by atoms with E-state index in [1.165, 1.54) is 11.3 Å². The molecule has 4 nitrogen and oxygen atoms in total. The van der Waals surface area contributed by atoms with Gasteiger partial charge in [-0.15, -0.1) is 0 Å². The average Bonchev–Trinajstić information content (AvgIpc) is 2.63. The number of nitrogens with two attached hydrogens (primary N) is 1. The molecule has 102 valence electrons. The Hall–Kier alpha value is -1.62. The molecule has 2 N–H and O–H groups in total. The van der Waals surface area contributed by atoms with Crippen molar-refractivity contribution in [1.29, 1.82) is 0 Å². The molecule has 0 atom stereocenters. The third-order valence-corrected chi connectivity index (χ3v) is 3.35. The molecule has 1 aromatic carbocycles. The Kier molecular flexibility index (Phi) is 3.75. The standard InChI is InChI=1S/C14H18N2O2S/c1-14(2,3)18-12(17)7-5-9-4-6-10-11(8-9)19-13(15)16-10/h4,6,8H,5,7H2,1-3H3,(H2,15,16). The van der Waals surface area contributed by atoms with E-state index in [1.54, 1.807) is 0 Å². The summed E-state index contributed by atoms with van der Waals surface area (Å²) in [5.41, 5.74) is 7.25. The first-order valence-corrected chi connectivity index (χ1v) is 7.02. The van der Waals surface area contributed by atoms with Crippen LogP contribution in [0.4, 0.5) is 5.13 Å².